The second-order valence-electron chi connectivity index (χ2n) is 5.97. The van der Waals surface area contributed by atoms with Crippen LogP contribution in [-0.2, 0) is 0 Å². The van der Waals surface area contributed by atoms with Gasteiger partial charge in [0.1, 0.15) is 0 Å². The van der Waals surface area contributed by atoms with Gasteiger partial charge >= 0.3 is 0 Å². The molecule has 0 bridgehead atoms. The van der Waals surface area contributed by atoms with Gasteiger partial charge in [-0.25, -0.2) is 0 Å². The Kier molecular flexibility index (Phi) is 32.5. The van der Waals surface area contributed by atoms with Crippen LogP contribution in [0.2, 0.25) is 0 Å². The summed E-state index contributed by atoms with van der Waals surface area (Å²) in [6, 6.07) is 0. The van der Waals surface area contributed by atoms with Crippen LogP contribution >= 0.6 is 0 Å². The van der Waals surface area contributed by atoms with Crippen LogP contribution in [0, 0.1) is 0 Å². The number of halogens is 1. The Morgan fingerprint density at radius 2 is 0.773 bits per heavy atom. The molecule has 3 nitrogen and oxygen atoms in total. The zero-order chi connectivity index (χ0) is 15.7. The lowest BCUT2D eigenvalue weighted by Crippen LogP contribution is -3.00. The third-order valence-corrected chi connectivity index (χ3v) is 3.94. The molecule has 0 fully saturated rings. The van der Waals surface area contributed by atoms with Crippen molar-refractivity contribution in [3.05, 3.63) is 0 Å². The van der Waals surface area contributed by atoms with Crippen molar-refractivity contribution >= 4 is 0 Å². The monoisotopic (exact) mass is 385 g/mol. The molecule has 0 aromatic heterocycles. The maximum Gasteiger partial charge on any atom is 0.0786 e. The van der Waals surface area contributed by atoms with E-state index in [4.69, 9.17) is 5.11 Å². The molecule has 0 heterocycles. The van der Waals surface area contributed by atoms with Crippen LogP contribution in [0.25, 0.3) is 0 Å². The van der Waals surface area contributed by atoms with E-state index in [2.05, 4.69) is 27.7 Å². The molecule has 0 spiro atoms. The van der Waals surface area contributed by atoms with Gasteiger partial charge in [-0.2, -0.15) is 0 Å². The second kappa shape index (κ2) is 23.6. The van der Waals surface area contributed by atoms with Crippen LogP contribution in [0.15, 0.2) is 0 Å². The van der Waals surface area contributed by atoms with E-state index in [-0.39, 0.29) is 29.1 Å². The molecular formula is C18H44BrNO2. The van der Waals surface area contributed by atoms with Crippen LogP contribution in [-0.4, -0.2) is 47.9 Å². The number of aliphatic hydroxyl groups is 1. The Hall–Kier alpha value is 0.360. The van der Waals surface area contributed by atoms with Crippen LogP contribution < -0.4 is 17.0 Å². The van der Waals surface area contributed by atoms with Gasteiger partial charge in [0, 0.05) is 6.61 Å². The van der Waals surface area contributed by atoms with Gasteiger partial charge in [-0.05, 0) is 32.6 Å². The largest absolute Gasteiger partial charge is 1.00 e. The fourth-order valence-electron chi connectivity index (χ4n) is 2.64. The molecule has 0 aliphatic carbocycles. The van der Waals surface area contributed by atoms with E-state index in [9.17, 15) is 0 Å². The fourth-order valence-corrected chi connectivity index (χ4v) is 2.64. The summed E-state index contributed by atoms with van der Waals surface area (Å²) in [6.07, 6.45) is 11.1. The SMILES string of the molecule is CCCC[N+](CCCC)(CCCC)CCCC.CCO.O.[Br-]. The van der Waals surface area contributed by atoms with E-state index < -0.39 is 0 Å². The first-order chi connectivity index (χ1) is 9.66. The molecule has 0 amide bonds. The number of hydrogen-bond acceptors (Lipinski definition) is 1. The summed E-state index contributed by atoms with van der Waals surface area (Å²) in [5.41, 5.74) is 0. The summed E-state index contributed by atoms with van der Waals surface area (Å²) >= 11 is 0. The molecule has 0 aromatic carbocycles. The van der Waals surface area contributed by atoms with E-state index in [0.29, 0.717) is 0 Å². The molecule has 0 atom stereocenters. The van der Waals surface area contributed by atoms with Crippen molar-refractivity contribution in [3.8, 4) is 0 Å². The topological polar surface area (TPSA) is 51.7 Å². The molecule has 0 unspecified atom stereocenters. The minimum absolute atomic E-state index is 0. The maximum atomic E-state index is 7.57. The predicted molar refractivity (Wildman–Crippen MR) is 95.7 cm³/mol. The number of nitrogens with zero attached hydrogens (tertiary/aromatic N) is 1. The first-order valence-electron chi connectivity index (χ1n) is 9.12. The fraction of sp³-hybridized carbons (Fsp3) is 1.00. The minimum Gasteiger partial charge on any atom is -1.00 e. The smallest absolute Gasteiger partial charge is 0.0786 e. The lowest BCUT2D eigenvalue weighted by Gasteiger charge is -2.39. The number of hydrogen-bond donors (Lipinski definition) is 1. The normalized spacial score (nSPS) is 10.1. The van der Waals surface area contributed by atoms with Gasteiger partial charge in [0.2, 0.25) is 0 Å². The summed E-state index contributed by atoms with van der Waals surface area (Å²) in [5.74, 6) is 0. The molecule has 3 N–H and O–H groups in total. The van der Waals surface area contributed by atoms with Crippen molar-refractivity contribution in [3.63, 3.8) is 0 Å². The van der Waals surface area contributed by atoms with Gasteiger partial charge in [0.25, 0.3) is 0 Å². The Labute approximate surface area is 151 Å². The summed E-state index contributed by atoms with van der Waals surface area (Å²) in [4.78, 5) is 0. The van der Waals surface area contributed by atoms with E-state index in [0.717, 1.165) is 0 Å². The highest BCUT2D eigenvalue weighted by Crippen LogP contribution is 2.16. The van der Waals surface area contributed by atoms with Crippen molar-refractivity contribution in [2.75, 3.05) is 32.8 Å². The van der Waals surface area contributed by atoms with E-state index in [1.165, 1.54) is 82.0 Å². The van der Waals surface area contributed by atoms with E-state index >= 15 is 0 Å². The number of rotatable bonds is 12. The number of unbranched alkanes of at least 4 members (excludes halogenated alkanes) is 4. The van der Waals surface area contributed by atoms with Crippen molar-refractivity contribution in [1.29, 1.82) is 0 Å². The van der Waals surface area contributed by atoms with Crippen molar-refractivity contribution in [1.82, 2.24) is 0 Å². The number of quaternary nitrogens is 1. The zero-order valence-corrected chi connectivity index (χ0v) is 17.6. The zero-order valence-electron chi connectivity index (χ0n) is 16.0. The first kappa shape index (κ1) is 30.3. The Morgan fingerprint density at radius 3 is 0.909 bits per heavy atom. The average molecular weight is 386 g/mol. The van der Waals surface area contributed by atoms with E-state index in [1.54, 1.807) is 6.92 Å². The highest BCUT2D eigenvalue weighted by atomic mass is 79.9. The summed E-state index contributed by atoms with van der Waals surface area (Å²) in [7, 11) is 0. The lowest BCUT2D eigenvalue weighted by molar-refractivity contribution is -0.929. The summed E-state index contributed by atoms with van der Waals surface area (Å²) in [6.45, 7) is 16.9. The molecule has 140 valence electrons. The predicted octanol–water partition coefficient (Wildman–Crippen LogP) is 1.18. The van der Waals surface area contributed by atoms with E-state index in [1.807, 2.05) is 0 Å². The molecular weight excluding hydrogens is 342 g/mol. The van der Waals surface area contributed by atoms with Crippen LogP contribution in [0.1, 0.15) is 86.0 Å². The van der Waals surface area contributed by atoms with Gasteiger partial charge in [-0.3, -0.25) is 0 Å². The molecule has 0 aliphatic heterocycles. The number of aliphatic hydroxyl groups excluding tert-OH is 1. The van der Waals surface area contributed by atoms with Gasteiger partial charge in [-0.15, -0.1) is 0 Å². The third kappa shape index (κ3) is 18.4. The van der Waals surface area contributed by atoms with Gasteiger partial charge < -0.3 is 32.0 Å². The second-order valence-corrected chi connectivity index (χ2v) is 5.97. The molecule has 0 saturated heterocycles. The van der Waals surface area contributed by atoms with Gasteiger partial charge in [0.15, 0.2) is 0 Å². The molecule has 0 saturated carbocycles. The van der Waals surface area contributed by atoms with Gasteiger partial charge in [-0.1, -0.05) is 53.4 Å². The molecule has 4 heteroatoms. The molecule has 0 aromatic rings. The minimum atomic E-state index is 0. The first-order valence-corrected chi connectivity index (χ1v) is 9.12. The van der Waals surface area contributed by atoms with Gasteiger partial charge in [0.05, 0.1) is 26.2 Å². The molecule has 0 rings (SSSR count). The maximum absolute atomic E-state index is 7.57. The van der Waals surface area contributed by atoms with Crippen molar-refractivity contribution < 1.29 is 32.0 Å². The van der Waals surface area contributed by atoms with Crippen molar-refractivity contribution in [2.45, 2.75) is 86.0 Å². The molecule has 22 heavy (non-hydrogen) atoms. The molecule has 0 radical (unpaired) electrons. The lowest BCUT2D eigenvalue weighted by atomic mass is 10.1. The Morgan fingerprint density at radius 1 is 0.591 bits per heavy atom. The van der Waals surface area contributed by atoms with Crippen molar-refractivity contribution in [2.24, 2.45) is 0 Å². The Balaban J connectivity index is -0.000000297. The highest BCUT2D eigenvalue weighted by molar-refractivity contribution is 4.49. The van der Waals surface area contributed by atoms with Crippen LogP contribution in [0.4, 0.5) is 0 Å². The molecule has 0 aliphatic rings. The van der Waals surface area contributed by atoms with Crippen LogP contribution in [0.5, 0.6) is 0 Å². The highest BCUT2D eigenvalue weighted by Gasteiger charge is 2.24. The van der Waals surface area contributed by atoms with Crippen LogP contribution in [0.3, 0.4) is 0 Å². The Bertz CT molecular complexity index is 143. The standard InChI is InChI=1S/C16H36N.C2H6O.BrH.H2O/c1-5-9-13-17(14-10-6-2,15-11-7-3)16-12-8-4;1-2-3;;/h5-16H2,1-4H3;3H,2H2,1H3;1H;1H2/q+1;;;/p-1. The average Bonchev–Trinajstić information content (AvgIpc) is 2.46. The summed E-state index contributed by atoms with van der Waals surface area (Å²) in [5, 5.41) is 7.57. The quantitative estimate of drug-likeness (QED) is 0.503. The summed E-state index contributed by atoms with van der Waals surface area (Å²) < 4.78 is 1.42. The third-order valence-electron chi connectivity index (χ3n) is 3.94.